The van der Waals surface area contributed by atoms with Gasteiger partial charge in [0.2, 0.25) is 0 Å². The van der Waals surface area contributed by atoms with E-state index in [-0.39, 0.29) is 11.5 Å². The summed E-state index contributed by atoms with van der Waals surface area (Å²) in [6.07, 6.45) is 0.570. The highest BCUT2D eigenvalue weighted by Gasteiger charge is 2.25. The molecule has 1 aromatic heterocycles. The number of aromatic nitrogens is 1. The number of amides is 1. The number of carbonyl (C=O) groups excluding carboxylic acids is 1. The number of pyridine rings is 1. The summed E-state index contributed by atoms with van der Waals surface area (Å²) in [6, 6.07) is 14.7. The number of piperazine rings is 1. The number of nitrogens with zero attached hydrogens (tertiary/aromatic N) is 4. The van der Waals surface area contributed by atoms with E-state index in [1.54, 1.807) is 20.2 Å². The number of rotatable bonds is 11. The average molecular weight is 605 g/mol. The third-order valence-corrected chi connectivity index (χ3v) is 8.15. The highest BCUT2D eigenvalue weighted by Crippen LogP contribution is 2.33. The molecule has 1 aliphatic rings. The van der Waals surface area contributed by atoms with Crippen LogP contribution in [0, 0.1) is 5.92 Å². The van der Waals surface area contributed by atoms with Crippen LogP contribution in [-0.4, -0.2) is 74.0 Å². The smallest absolute Gasteiger partial charge is 0.425 e. The van der Waals surface area contributed by atoms with E-state index in [0.29, 0.717) is 27.9 Å². The van der Waals surface area contributed by atoms with Gasteiger partial charge < -0.3 is 14.4 Å². The van der Waals surface area contributed by atoms with Gasteiger partial charge >= 0.3 is 6.09 Å². The molecule has 2 heterocycles. The Kier molecular flexibility index (Phi) is 10.8. The van der Waals surface area contributed by atoms with Gasteiger partial charge in [0.25, 0.3) is 5.56 Å². The summed E-state index contributed by atoms with van der Waals surface area (Å²) in [6.45, 7) is 9.15. The van der Waals surface area contributed by atoms with Crippen LogP contribution in [0.25, 0.3) is 10.9 Å². The van der Waals surface area contributed by atoms with Crippen molar-refractivity contribution in [3.63, 3.8) is 0 Å². The van der Waals surface area contributed by atoms with Crippen LogP contribution in [0.15, 0.2) is 53.3 Å². The fraction of sp³-hybridized carbons (Fsp3) is 0.467. The maximum atomic E-state index is 13.0. The Labute approximate surface area is 251 Å². The van der Waals surface area contributed by atoms with Crippen molar-refractivity contribution in [2.75, 3.05) is 58.3 Å². The molecule has 41 heavy (non-hydrogen) atoms. The fourth-order valence-corrected chi connectivity index (χ4v) is 5.34. The standard InChI is InChI=1S/C30H39Cl2N5O4/c1-21(2)29(41-30(39)34(4)33-3)37-26-20-23(12-10-22(26)11-13-27(37)38)40-19-6-5-14-35-15-17-36(18-16-35)25-9-7-8-24(31)28(25)32/h7-13,20-21,29,33H,5-6,14-19H2,1-4H3. The molecule has 1 fully saturated rings. The molecule has 2 aromatic carbocycles. The van der Waals surface area contributed by atoms with E-state index in [9.17, 15) is 9.59 Å². The minimum Gasteiger partial charge on any atom is -0.494 e. The molecule has 222 valence electrons. The van der Waals surface area contributed by atoms with Crippen molar-refractivity contribution < 1.29 is 14.3 Å². The number of fused-ring (bicyclic) bond motifs is 1. The van der Waals surface area contributed by atoms with Gasteiger partial charge in [-0.2, -0.15) is 0 Å². The monoisotopic (exact) mass is 603 g/mol. The van der Waals surface area contributed by atoms with Crippen molar-refractivity contribution in [1.82, 2.24) is 19.9 Å². The zero-order chi connectivity index (χ0) is 29.5. The topological polar surface area (TPSA) is 79.3 Å². The maximum absolute atomic E-state index is 13.0. The number of anilines is 1. The van der Waals surface area contributed by atoms with E-state index in [4.69, 9.17) is 32.7 Å². The quantitative estimate of drug-likeness (QED) is 0.224. The number of unbranched alkanes of at least 4 members (excludes halogenated alkanes) is 1. The molecule has 0 spiro atoms. The Morgan fingerprint density at radius 3 is 2.49 bits per heavy atom. The Morgan fingerprint density at radius 2 is 1.78 bits per heavy atom. The lowest BCUT2D eigenvalue weighted by Gasteiger charge is -2.36. The van der Waals surface area contributed by atoms with Crippen molar-refractivity contribution in [2.24, 2.45) is 5.92 Å². The van der Waals surface area contributed by atoms with Crippen molar-refractivity contribution in [3.05, 3.63) is 68.9 Å². The second-order valence-corrected chi connectivity index (χ2v) is 11.3. The van der Waals surface area contributed by atoms with Crippen LogP contribution in [-0.2, 0) is 4.74 Å². The predicted molar refractivity (Wildman–Crippen MR) is 165 cm³/mol. The summed E-state index contributed by atoms with van der Waals surface area (Å²) in [5.74, 6) is 0.534. The molecule has 1 unspecified atom stereocenters. The molecule has 1 saturated heterocycles. The van der Waals surface area contributed by atoms with E-state index < -0.39 is 12.3 Å². The summed E-state index contributed by atoms with van der Waals surface area (Å²) in [7, 11) is 3.19. The minimum absolute atomic E-state index is 0.138. The zero-order valence-electron chi connectivity index (χ0n) is 24.1. The highest BCUT2D eigenvalue weighted by molar-refractivity contribution is 6.43. The van der Waals surface area contributed by atoms with Crippen molar-refractivity contribution in [1.29, 1.82) is 0 Å². The fourth-order valence-electron chi connectivity index (χ4n) is 4.92. The number of hydrogen-bond acceptors (Lipinski definition) is 7. The lowest BCUT2D eigenvalue weighted by atomic mass is 10.1. The Bertz CT molecular complexity index is 1390. The van der Waals surface area contributed by atoms with Gasteiger partial charge in [0.15, 0.2) is 6.23 Å². The van der Waals surface area contributed by atoms with E-state index >= 15 is 0 Å². The molecule has 1 aliphatic heterocycles. The summed E-state index contributed by atoms with van der Waals surface area (Å²) < 4.78 is 13.3. The Hall–Kier alpha value is -2.98. The third-order valence-electron chi connectivity index (χ3n) is 7.34. The molecule has 0 bridgehead atoms. The van der Waals surface area contributed by atoms with Crippen LogP contribution in [0.2, 0.25) is 10.0 Å². The first-order valence-electron chi connectivity index (χ1n) is 14.0. The second-order valence-electron chi connectivity index (χ2n) is 10.5. The summed E-state index contributed by atoms with van der Waals surface area (Å²) in [4.78, 5) is 30.2. The van der Waals surface area contributed by atoms with Crippen LogP contribution in [0.3, 0.4) is 0 Å². The van der Waals surface area contributed by atoms with Crippen LogP contribution >= 0.6 is 23.2 Å². The zero-order valence-corrected chi connectivity index (χ0v) is 25.6. The van der Waals surface area contributed by atoms with Gasteiger partial charge in [0.05, 0.1) is 27.9 Å². The number of nitrogens with one attached hydrogen (secondary N) is 1. The lowest BCUT2D eigenvalue weighted by Crippen LogP contribution is -2.46. The summed E-state index contributed by atoms with van der Waals surface area (Å²) in [5.41, 5.74) is 4.14. The molecule has 0 radical (unpaired) electrons. The summed E-state index contributed by atoms with van der Waals surface area (Å²) in [5, 5.41) is 3.29. The normalized spacial score (nSPS) is 14.9. The summed E-state index contributed by atoms with van der Waals surface area (Å²) >= 11 is 12.6. The Balaban J connectivity index is 1.32. The minimum atomic E-state index is -0.778. The molecule has 0 saturated carbocycles. The molecular formula is C30H39Cl2N5O4. The first-order valence-corrected chi connectivity index (χ1v) is 14.8. The van der Waals surface area contributed by atoms with Crippen LogP contribution < -0.4 is 20.6 Å². The van der Waals surface area contributed by atoms with Crippen molar-refractivity contribution in [2.45, 2.75) is 32.9 Å². The molecular weight excluding hydrogens is 565 g/mol. The number of benzene rings is 2. The lowest BCUT2D eigenvalue weighted by molar-refractivity contribution is 0.000343. The van der Waals surface area contributed by atoms with Gasteiger partial charge in [-0.1, -0.05) is 43.1 Å². The van der Waals surface area contributed by atoms with E-state index in [2.05, 4.69) is 15.2 Å². The molecule has 1 atom stereocenters. The van der Waals surface area contributed by atoms with Crippen LogP contribution in [0.1, 0.15) is 32.9 Å². The maximum Gasteiger partial charge on any atom is 0.425 e. The average Bonchev–Trinajstić information content (AvgIpc) is 2.97. The molecule has 4 rings (SSSR count). The van der Waals surface area contributed by atoms with E-state index in [0.717, 1.165) is 56.6 Å². The molecule has 1 amide bonds. The van der Waals surface area contributed by atoms with Crippen LogP contribution in [0.4, 0.5) is 10.5 Å². The van der Waals surface area contributed by atoms with E-state index in [1.807, 2.05) is 50.2 Å². The van der Waals surface area contributed by atoms with Gasteiger partial charge in [0, 0.05) is 58.3 Å². The van der Waals surface area contributed by atoms with Gasteiger partial charge in [-0.25, -0.2) is 15.2 Å². The first kappa shape index (κ1) is 31.0. The highest BCUT2D eigenvalue weighted by atomic mass is 35.5. The SMILES string of the molecule is CNN(C)C(=O)OC(C(C)C)n1c(=O)ccc2ccc(OCCCCN3CCN(c4cccc(Cl)c4Cl)CC3)cc21. The molecule has 9 nitrogen and oxygen atoms in total. The molecule has 1 N–H and O–H groups in total. The number of hydrogen-bond donors (Lipinski definition) is 1. The van der Waals surface area contributed by atoms with Gasteiger partial charge in [-0.15, -0.1) is 0 Å². The first-order chi connectivity index (χ1) is 19.7. The largest absolute Gasteiger partial charge is 0.494 e. The number of carbonyl (C=O) groups is 1. The number of ether oxygens (including phenoxy) is 2. The second kappa shape index (κ2) is 14.3. The van der Waals surface area contributed by atoms with Gasteiger partial charge in [-0.3, -0.25) is 14.3 Å². The molecule has 0 aliphatic carbocycles. The number of halogens is 2. The third kappa shape index (κ3) is 7.65. The van der Waals surface area contributed by atoms with Crippen molar-refractivity contribution in [3.8, 4) is 5.75 Å². The van der Waals surface area contributed by atoms with Gasteiger partial charge in [0.1, 0.15) is 5.75 Å². The van der Waals surface area contributed by atoms with Crippen molar-refractivity contribution >= 4 is 45.9 Å². The number of hydrazine groups is 1. The molecule has 11 heteroatoms. The van der Waals surface area contributed by atoms with Gasteiger partial charge in [-0.05, 0) is 55.1 Å². The van der Waals surface area contributed by atoms with Crippen LogP contribution in [0.5, 0.6) is 5.75 Å². The predicted octanol–water partition coefficient (Wildman–Crippen LogP) is 5.65. The molecule has 3 aromatic rings. The van der Waals surface area contributed by atoms with E-state index in [1.165, 1.54) is 15.6 Å². The Morgan fingerprint density at radius 1 is 1.05 bits per heavy atom.